The Bertz CT molecular complexity index is 1720. The minimum absolute atomic E-state index is 0.156. The fourth-order valence-corrected chi connectivity index (χ4v) is 8.54. The van der Waals surface area contributed by atoms with Gasteiger partial charge in [-0.1, -0.05) is 137 Å². The third kappa shape index (κ3) is 3.96. The maximum Gasteiger partial charge on any atom is 0.461 e. The quantitative estimate of drug-likeness (QED) is 0.144. The molecule has 7 rings (SSSR count). The minimum Gasteiger partial charge on any atom is -0.403 e. The van der Waals surface area contributed by atoms with Crippen molar-refractivity contribution in [3.63, 3.8) is 0 Å². The zero-order valence-corrected chi connectivity index (χ0v) is 27.9. The molecule has 1 saturated heterocycles. The molecule has 2 unspecified atom stereocenters. The molecule has 2 aliphatic carbocycles. The molecule has 0 bridgehead atoms. The van der Waals surface area contributed by atoms with Crippen LogP contribution in [0.1, 0.15) is 88.3 Å². The number of fused-ring (bicyclic) bond motifs is 9. The van der Waals surface area contributed by atoms with Crippen molar-refractivity contribution in [2.24, 2.45) is 5.92 Å². The SMILES string of the molecule is C=C/C(=C\C(C)C(C)B1OC(C)(C)C(C)(C)O1)C1(CC)c2ccccc2C2(c3ccccc3-c3ccccc32)c2ccccc21. The van der Waals surface area contributed by atoms with E-state index in [1.54, 1.807) is 0 Å². The van der Waals surface area contributed by atoms with Crippen molar-refractivity contribution in [2.75, 3.05) is 0 Å². The van der Waals surface area contributed by atoms with Crippen LogP contribution < -0.4 is 0 Å². The van der Waals surface area contributed by atoms with E-state index in [0.29, 0.717) is 0 Å². The summed E-state index contributed by atoms with van der Waals surface area (Å²) in [7, 11) is -0.273. The molecule has 4 aromatic rings. The van der Waals surface area contributed by atoms with E-state index in [4.69, 9.17) is 9.31 Å². The van der Waals surface area contributed by atoms with Crippen LogP contribution in [0.25, 0.3) is 11.1 Å². The van der Waals surface area contributed by atoms with Crippen molar-refractivity contribution in [2.45, 2.75) is 82.7 Å². The van der Waals surface area contributed by atoms with Gasteiger partial charge in [0.1, 0.15) is 0 Å². The molecule has 0 amide bonds. The van der Waals surface area contributed by atoms with E-state index in [-0.39, 0.29) is 35.5 Å². The van der Waals surface area contributed by atoms with Crippen LogP contribution in [0.5, 0.6) is 0 Å². The van der Waals surface area contributed by atoms with Crippen LogP contribution in [0.15, 0.2) is 121 Å². The van der Waals surface area contributed by atoms with Gasteiger partial charge in [0.05, 0.1) is 16.6 Å². The normalized spacial score (nSPS) is 21.0. The van der Waals surface area contributed by atoms with Gasteiger partial charge in [0, 0.05) is 5.41 Å². The monoisotopic (exact) mass is 592 g/mol. The van der Waals surface area contributed by atoms with Crippen LogP contribution in [-0.4, -0.2) is 18.3 Å². The zero-order valence-electron chi connectivity index (χ0n) is 27.9. The number of hydrogen-bond acceptors (Lipinski definition) is 2. The Labute approximate surface area is 270 Å². The first-order valence-electron chi connectivity index (χ1n) is 16.6. The van der Waals surface area contributed by atoms with Gasteiger partial charge in [-0.15, -0.1) is 0 Å². The van der Waals surface area contributed by atoms with Crippen molar-refractivity contribution in [1.82, 2.24) is 0 Å². The molecule has 0 radical (unpaired) electrons. The van der Waals surface area contributed by atoms with Gasteiger partial charge < -0.3 is 9.31 Å². The highest BCUT2D eigenvalue weighted by molar-refractivity contribution is 6.47. The van der Waals surface area contributed by atoms with Crippen LogP contribution in [0, 0.1) is 5.92 Å². The summed E-state index contributed by atoms with van der Waals surface area (Å²) in [5.41, 5.74) is 10.6. The van der Waals surface area contributed by atoms with Crippen molar-refractivity contribution >= 4 is 7.12 Å². The molecule has 1 heterocycles. The topological polar surface area (TPSA) is 18.5 Å². The highest BCUT2D eigenvalue weighted by Crippen LogP contribution is 2.64. The van der Waals surface area contributed by atoms with Crippen molar-refractivity contribution in [3.05, 3.63) is 155 Å². The molecule has 3 aliphatic rings. The second-order valence-electron chi connectivity index (χ2n) is 14.4. The molecular weight excluding hydrogens is 547 g/mol. The average Bonchev–Trinajstić information content (AvgIpc) is 3.47. The Balaban J connectivity index is 1.46. The van der Waals surface area contributed by atoms with Gasteiger partial charge in [0.2, 0.25) is 0 Å². The molecule has 4 aromatic carbocycles. The first kappa shape index (κ1) is 30.0. The van der Waals surface area contributed by atoms with E-state index in [1.807, 2.05) is 0 Å². The van der Waals surface area contributed by atoms with Gasteiger partial charge in [-0.3, -0.25) is 0 Å². The minimum atomic E-state index is -0.396. The first-order chi connectivity index (χ1) is 21.5. The van der Waals surface area contributed by atoms with Crippen molar-refractivity contribution < 1.29 is 9.31 Å². The van der Waals surface area contributed by atoms with Gasteiger partial charge in [-0.05, 0) is 95.9 Å². The van der Waals surface area contributed by atoms with Gasteiger partial charge >= 0.3 is 7.12 Å². The Morgan fingerprint density at radius 1 is 0.667 bits per heavy atom. The maximum absolute atomic E-state index is 6.52. The first-order valence-corrected chi connectivity index (χ1v) is 16.6. The highest BCUT2D eigenvalue weighted by Gasteiger charge is 2.56. The molecule has 2 nitrogen and oxygen atoms in total. The van der Waals surface area contributed by atoms with E-state index in [2.05, 4.69) is 164 Å². The molecular formula is C42H45BO2. The van der Waals surface area contributed by atoms with Crippen molar-refractivity contribution in [3.8, 4) is 11.1 Å². The summed E-state index contributed by atoms with van der Waals surface area (Å²) in [5, 5.41) is 0. The molecule has 3 heteroatoms. The molecule has 0 N–H and O–H groups in total. The van der Waals surface area contributed by atoms with E-state index in [9.17, 15) is 0 Å². The van der Waals surface area contributed by atoms with E-state index in [0.717, 1.165) is 6.42 Å². The van der Waals surface area contributed by atoms with Gasteiger partial charge in [-0.25, -0.2) is 0 Å². The number of benzene rings is 4. The lowest BCUT2D eigenvalue weighted by Crippen LogP contribution is -2.44. The van der Waals surface area contributed by atoms with Gasteiger partial charge in [-0.2, -0.15) is 0 Å². The summed E-state index contributed by atoms with van der Waals surface area (Å²) in [6.45, 7) is 19.9. The van der Waals surface area contributed by atoms with Crippen LogP contribution in [0.4, 0.5) is 0 Å². The van der Waals surface area contributed by atoms with E-state index >= 15 is 0 Å². The third-order valence-electron chi connectivity index (χ3n) is 11.7. The molecule has 0 aromatic heterocycles. The van der Waals surface area contributed by atoms with Crippen molar-refractivity contribution in [1.29, 1.82) is 0 Å². The summed E-state index contributed by atoms with van der Waals surface area (Å²) >= 11 is 0. The lowest BCUT2D eigenvalue weighted by atomic mass is 9.52. The summed E-state index contributed by atoms with van der Waals surface area (Å²) in [6, 6.07) is 36.4. The average molecular weight is 593 g/mol. The number of allylic oxidation sites excluding steroid dienone is 3. The summed E-state index contributed by atoms with van der Waals surface area (Å²) in [6.07, 6.45) is 5.48. The third-order valence-corrected chi connectivity index (χ3v) is 11.7. The summed E-state index contributed by atoms with van der Waals surface area (Å²) in [4.78, 5) is 0. The molecule has 45 heavy (non-hydrogen) atoms. The highest BCUT2D eigenvalue weighted by atomic mass is 16.7. The van der Waals surface area contributed by atoms with Crippen LogP contribution in [-0.2, 0) is 20.1 Å². The predicted molar refractivity (Wildman–Crippen MR) is 188 cm³/mol. The Kier molecular flexibility index (Phi) is 6.97. The zero-order chi connectivity index (χ0) is 31.8. The Hall–Kier alpha value is -3.66. The van der Waals surface area contributed by atoms with Gasteiger partial charge in [0.25, 0.3) is 0 Å². The molecule has 2 atom stereocenters. The largest absolute Gasteiger partial charge is 0.461 e. The van der Waals surface area contributed by atoms with Crippen LogP contribution in [0.3, 0.4) is 0 Å². The second kappa shape index (κ2) is 10.4. The molecule has 1 fully saturated rings. The smallest absolute Gasteiger partial charge is 0.403 e. The van der Waals surface area contributed by atoms with Gasteiger partial charge in [0.15, 0.2) is 0 Å². The fraction of sp³-hybridized carbons (Fsp3) is 0.333. The lowest BCUT2D eigenvalue weighted by Gasteiger charge is -2.50. The standard InChI is InChI=1S/C42H45BO2/c1-9-30(27-28(3)29(4)43-44-39(5,6)40(7,8)45-43)41(10-2)35-23-15-17-25-37(35)42(38-26-18-16-24-36(38)41)33-21-13-11-19-31(33)32-20-12-14-22-34(32)42/h9,11-29H,1,10H2,2-8H3/b30-27+. The van der Waals surface area contributed by atoms with E-state index in [1.165, 1.54) is 50.1 Å². The summed E-state index contributed by atoms with van der Waals surface area (Å²) < 4.78 is 13.0. The molecule has 0 saturated carbocycles. The molecule has 1 spiro atoms. The van der Waals surface area contributed by atoms with E-state index < -0.39 is 5.41 Å². The molecule has 228 valence electrons. The molecule has 1 aliphatic heterocycles. The van der Waals surface area contributed by atoms with Crippen LogP contribution in [0.2, 0.25) is 5.82 Å². The maximum atomic E-state index is 6.52. The Morgan fingerprint density at radius 3 is 1.49 bits per heavy atom. The second-order valence-corrected chi connectivity index (χ2v) is 14.4. The number of hydrogen-bond donors (Lipinski definition) is 0. The summed E-state index contributed by atoms with van der Waals surface area (Å²) in [5.74, 6) is 0.350. The fourth-order valence-electron chi connectivity index (χ4n) is 8.54. The predicted octanol–water partition coefficient (Wildman–Crippen LogP) is 10.3. The van der Waals surface area contributed by atoms with Crippen LogP contribution >= 0.6 is 0 Å². The lowest BCUT2D eigenvalue weighted by molar-refractivity contribution is 0.00578. The number of rotatable bonds is 6. The Morgan fingerprint density at radius 2 is 1.07 bits per heavy atom.